The molecule has 0 bridgehead atoms. The average Bonchev–Trinajstić information content (AvgIpc) is 2.79. The van der Waals surface area contributed by atoms with Crippen molar-refractivity contribution in [1.82, 2.24) is 8.77 Å². The van der Waals surface area contributed by atoms with Gasteiger partial charge in [0.15, 0.2) is 0 Å². The van der Waals surface area contributed by atoms with Crippen LogP contribution >= 0.6 is 0 Å². The van der Waals surface area contributed by atoms with Gasteiger partial charge < -0.3 is 4.74 Å². The van der Waals surface area contributed by atoms with E-state index in [-0.39, 0.29) is 35.7 Å². The summed E-state index contributed by atoms with van der Waals surface area (Å²) in [6, 6.07) is 15.3. The van der Waals surface area contributed by atoms with E-state index in [0.29, 0.717) is 38.0 Å². The third kappa shape index (κ3) is 6.49. The van der Waals surface area contributed by atoms with Gasteiger partial charge in [0.1, 0.15) is 11.6 Å². The van der Waals surface area contributed by atoms with E-state index in [1.807, 2.05) is 30.3 Å². The van der Waals surface area contributed by atoms with Crippen molar-refractivity contribution in [3.8, 4) is 5.75 Å². The minimum absolute atomic E-state index is 0.0629. The number of carbonyl (C=O) groups is 1. The first-order chi connectivity index (χ1) is 14.9. The lowest BCUT2D eigenvalue weighted by atomic mass is 9.99. The zero-order chi connectivity index (χ0) is 22.3. The van der Waals surface area contributed by atoms with Gasteiger partial charge in [-0.25, -0.2) is 4.39 Å². The van der Waals surface area contributed by atoms with Crippen molar-refractivity contribution in [3.05, 3.63) is 66.0 Å². The van der Waals surface area contributed by atoms with Crippen molar-refractivity contribution < 1.29 is 27.5 Å². The summed E-state index contributed by atoms with van der Waals surface area (Å²) >= 11 is 0. The van der Waals surface area contributed by atoms with Gasteiger partial charge in [0.25, 0.3) is 5.91 Å². The Morgan fingerprint density at radius 2 is 1.74 bits per heavy atom. The van der Waals surface area contributed by atoms with Crippen LogP contribution in [-0.2, 0) is 21.4 Å². The number of hydrogen-bond donors (Lipinski definition) is 1. The number of ether oxygens (including phenoxy) is 1. The smallest absolute Gasteiger partial charge is 0.329 e. The fourth-order valence-corrected chi connectivity index (χ4v) is 4.71. The van der Waals surface area contributed by atoms with E-state index in [9.17, 15) is 22.8 Å². The van der Waals surface area contributed by atoms with Crippen molar-refractivity contribution in [2.24, 2.45) is 5.92 Å². The molecule has 31 heavy (non-hydrogen) atoms. The van der Waals surface area contributed by atoms with Gasteiger partial charge in [-0.1, -0.05) is 34.8 Å². The predicted molar refractivity (Wildman–Crippen MR) is 113 cm³/mol. The van der Waals surface area contributed by atoms with Crippen LogP contribution in [0.2, 0.25) is 0 Å². The zero-order valence-corrected chi connectivity index (χ0v) is 18.0. The number of hydroxylamine groups is 1. The lowest BCUT2D eigenvalue weighted by Gasteiger charge is -2.32. The van der Waals surface area contributed by atoms with E-state index in [1.165, 1.54) is 12.1 Å². The Bertz CT molecular complexity index is 946. The van der Waals surface area contributed by atoms with Crippen LogP contribution in [0.3, 0.4) is 0 Å². The number of amides is 1. The molecule has 1 aliphatic rings. The minimum Gasteiger partial charge on any atom is -0.493 e. The molecule has 0 saturated carbocycles. The van der Waals surface area contributed by atoms with Crippen molar-refractivity contribution in [2.75, 3.05) is 19.7 Å². The minimum atomic E-state index is -4.26. The standard InChI is InChI=1S/C22H27FN2O5S/c23-20-9-11-21(12-10-20)30-17-19-13-15-24(16-14-19)31(28,29)25(27)22(26)8-4-7-18-5-2-1-3-6-18/h1-3,5-6,9-12,19,27H,4,7-8,13-17H2. The fourth-order valence-electron chi connectivity index (χ4n) is 3.47. The largest absolute Gasteiger partial charge is 0.493 e. The first-order valence-electron chi connectivity index (χ1n) is 10.3. The van der Waals surface area contributed by atoms with Crippen LogP contribution in [0.25, 0.3) is 0 Å². The second-order valence-corrected chi connectivity index (χ2v) is 9.35. The van der Waals surface area contributed by atoms with Crippen LogP contribution in [0.15, 0.2) is 54.6 Å². The first kappa shape index (κ1) is 23.2. The van der Waals surface area contributed by atoms with Gasteiger partial charge >= 0.3 is 10.2 Å². The third-order valence-corrected chi connectivity index (χ3v) is 6.99. The number of benzene rings is 2. The van der Waals surface area contributed by atoms with E-state index in [0.717, 1.165) is 9.87 Å². The summed E-state index contributed by atoms with van der Waals surface area (Å²) in [6.45, 7) is 0.767. The molecular weight excluding hydrogens is 423 g/mol. The number of carbonyl (C=O) groups excluding carboxylic acids is 1. The molecule has 7 nitrogen and oxygen atoms in total. The molecule has 168 valence electrons. The summed E-state index contributed by atoms with van der Waals surface area (Å²) in [7, 11) is -4.26. The van der Waals surface area contributed by atoms with Gasteiger partial charge in [0.05, 0.1) is 6.61 Å². The van der Waals surface area contributed by atoms with E-state index in [4.69, 9.17) is 4.74 Å². The van der Waals surface area contributed by atoms with Gasteiger partial charge in [-0.05, 0) is 61.4 Å². The molecule has 0 aromatic heterocycles. The number of piperidine rings is 1. The van der Waals surface area contributed by atoms with Gasteiger partial charge in [0.2, 0.25) is 0 Å². The number of nitrogens with zero attached hydrogens (tertiary/aromatic N) is 2. The number of rotatable bonds is 9. The van der Waals surface area contributed by atoms with Crippen LogP contribution < -0.4 is 4.74 Å². The van der Waals surface area contributed by atoms with Gasteiger partial charge in [-0.15, -0.1) is 0 Å². The Balaban J connectivity index is 1.43. The molecular formula is C22H27FN2O5S. The molecule has 1 N–H and O–H groups in total. The highest BCUT2D eigenvalue weighted by atomic mass is 32.2. The van der Waals surface area contributed by atoms with Crippen LogP contribution in [-0.4, -0.2) is 48.0 Å². The summed E-state index contributed by atoms with van der Waals surface area (Å²) < 4.78 is 44.8. The Labute approximate surface area is 182 Å². The average molecular weight is 451 g/mol. The molecule has 0 spiro atoms. The van der Waals surface area contributed by atoms with E-state index in [2.05, 4.69) is 0 Å². The SMILES string of the molecule is O=C(CCCc1ccccc1)N(O)S(=O)(=O)N1CCC(COc2ccc(F)cc2)CC1. The van der Waals surface area contributed by atoms with Gasteiger partial charge in [-0.3, -0.25) is 10.0 Å². The van der Waals surface area contributed by atoms with E-state index in [1.54, 1.807) is 12.1 Å². The lowest BCUT2D eigenvalue weighted by Crippen LogP contribution is -2.48. The number of hydrogen-bond acceptors (Lipinski definition) is 5. The van der Waals surface area contributed by atoms with Crippen LogP contribution in [0, 0.1) is 11.7 Å². The van der Waals surface area contributed by atoms with Crippen LogP contribution in [0.5, 0.6) is 5.75 Å². The molecule has 1 saturated heterocycles. The maximum absolute atomic E-state index is 12.9. The fraction of sp³-hybridized carbons (Fsp3) is 0.409. The Hall–Kier alpha value is -2.49. The van der Waals surface area contributed by atoms with Crippen molar-refractivity contribution in [1.29, 1.82) is 0 Å². The molecule has 2 aromatic carbocycles. The first-order valence-corrected chi connectivity index (χ1v) is 11.7. The van der Waals surface area contributed by atoms with Crippen LogP contribution in [0.4, 0.5) is 4.39 Å². The second kappa shape index (κ2) is 10.7. The molecule has 0 aliphatic carbocycles. The Morgan fingerprint density at radius 3 is 2.39 bits per heavy atom. The molecule has 1 heterocycles. The maximum atomic E-state index is 12.9. The zero-order valence-electron chi connectivity index (χ0n) is 17.2. The molecule has 9 heteroatoms. The highest BCUT2D eigenvalue weighted by molar-refractivity contribution is 7.87. The van der Waals surface area contributed by atoms with Crippen molar-refractivity contribution in [2.45, 2.75) is 32.1 Å². The Morgan fingerprint density at radius 1 is 1.10 bits per heavy atom. The molecule has 0 atom stereocenters. The summed E-state index contributed by atoms with van der Waals surface area (Å²) in [5.41, 5.74) is 1.05. The molecule has 0 radical (unpaired) electrons. The van der Waals surface area contributed by atoms with E-state index < -0.39 is 16.1 Å². The maximum Gasteiger partial charge on any atom is 0.329 e. The molecule has 1 aliphatic heterocycles. The highest BCUT2D eigenvalue weighted by Gasteiger charge is 2.35. The van der Waals surface area contributed by atoms with Crippen LogP contribution in [0.1, 0.15) is 31.2 Å². The lowest BCUT2D eigenvalue weighted by molar-refractivity contribution is -0.146. The Kier molecular flexibility index (Phi) is 8.00. The van der Waals surface area contributed by atoms with E-state index >= 15 is 0 Å². The number of aryl methyl sites for hydroxylation is 1. The van der Waals surface area contributed by atoms with Crippen molar-refractivity contribution >= 4 is 16.1 Å². The summed E-state index contributed by atoms with van der Waals surface area (Å²) in [5, 5.41) is 10.0. The predicted octanol–water partition coefficient (Wildman–Crippen LogP) is 3.40. The highest BCUT2D eigenvalue weighted by Crippen LogP contribution is 2.23. The molecule has 2 aromatic rings. The number of halogens is 1. The monoisotopic (exact) mass is 450 g/mol. The molecule has 1 fully saturated rings. The quantitative estimate of drug-likeness (QED) is 0.467. The summed E-state index contributed by atoms with van der Waals surface area (Å²) in [4.78, 5) is 12.2. The summed E-state index contributed by atoms with van der Waals surface area (Å²) in [6.07, 6.45) is 2.08. The van der Waals surface area contributed by atoms with Crippen molar-refractivity contribution in [3.63, 3.8) is 0 Å². The summed E-state index contributed by atoms with van der Waals surface area (Å²) in [5.74, 6) is -0.490. The third-order valence-electron chi connectivity index (χ3n) is 5.33. The topological polar surface area (TPSA) is 87.2 Å². The molecule has 3 rings (SSSR count). The molecule has 1 amide bonds. The normalized spacial score (nSPS) is 15.5. The second-order valence-electron chi connectivity index (χ2n) is 7.59. The van der Waals surface area contributed by atoms with Gasteiger partial charge in [0, 0.05) is 19.5 Å². The molecule has 0 unspecified atom stereocenters. The van der Waals surface area contributed by atoms with Gasteiger partial charge in [-0.2, -0.15) is 12.7 Å².